The summed E-state index contributed by atoms with van der Waals surface area (Å²) in [6, 6.07) is 18.3. The van der Waals surface area contributed by atoms with Gasteiger partial charge in [-0.1, -0.05) is 35.9 Å². The molecule has 0 atom stereocenters. The molecule has 0 fully saturated rings. The van der Waals surface area contributed by atoms with Gasteiger partial charge in [-0.2, -0.15) is 0 Å². The largest absolute Gasteiger partial charge is 0.505 e. The van der Waals surface area contributed by atoms with Crippen molar-refractivity contribution < 1.29 is 19.4 Å². The van der Waals surface area contributed by atoms with Crippen molar-refractivity contribution in [2.24, 2.45) is 16.0 Å². The summed E-state index contributed by atoms with van der Waals surface area (Å²) in [5.41, 5.74) is 7.15. The van der Waals surface area contributed by atoms with Crippen molar-refractivity contribution in [3.8, 4) is 11.5 Å². The van der Waals surface area contributed by atoms with Crippen molar-refractivity contribution in [1.82, 2.24) is 0 Å². The van der Waals surface area contributed by atoms with E-state index >= 15 is 0 Å². The first-order chi connectivity index (χ1) is 16.8. The first kappa shape index (κ1) is 23.7. The molecule has 0 unspecified atom stereocenters. The first-order valence-electron chi connectivity index (χ1n) is 10.5. The van der Waals surface area contributed by atoms with Gasteiger partial charge in [0.15, 0.2) is 5.75 Å². The molecule has 0 aliphatic rings. The number of fused-ring (bicyclic) bond motifs is 1. The Kier molecular flexibility index (Phi) is 6.66. The minimum atomic E-state index is -0.692. The summed E-state index contributed by atoms with van der Waals surface area (Å²) in [6.45, 7) is 1.81. The van der Waals surface area contributed by atoms with Gasteiger partial charge in [0.25, 0.3) is 11.8 Å². The van der Waals surface area contributed by atoms with Crippen LogP contribution in [0.15, 0.2) is 77.0 Å². The van der Waals surface area contributed by atoms with Crippen LogP contribution in [0.1, 0.15) is 26.3 Å². The van der Waals surface area contributed by atoms with E-state index in [1.807, 2.05) is 6.92 Å². The number of hydrogen-bond acceptors (Lipinski definition) is 6. The molecule has 4 aromatic carbocycles. The second kappa shape index (κ2) is 9.82. The predicted molar refractivity (Wildman–Crippen MR) is 135 cm³/mol. The first-order valence-corrected chi connectivity index (χ1v) is 10.9. The standard InChI is InChI=1S/C26H21ClN4O4/c1-14-11-16(27)7-10-21(14)29-26(34)20-12-15-5-3-4-6-18(15)23(24(20)32)31-30-22-13-17(35-2)8-9-19(22)25(28)33/h3-13,32H,1-2H3,(H2,28,33)(H,29,34). The fourth-order valence-electron chi connectivity index (χ4n) is 3.58. The number of carbonyl (C=O) groups excluding carboxylic acids is 2. The molecule has 0 aliphatic carbocycles. The molecule has 0 spiro atoms. The van der Waals surface area contributed by atoms with Crippen molar-refractivity contribution in [1.29, 1.82) is 0 Å². The van der Waals surface area contributed by atoms with Crippen LogP contribution >= 0.6 is 11.6 Å². The van der Waals surface area contributed by atoms with Crippen LogP contribution in [0.2, 0.25) is 5.02 Å². The lowest BCUT2D eigenvalue weighted by molar-refractivity contribution is 0.0997. The number of primary amides is 1. The van der Waals surface area contributed by atoms with E-state index < -0.39 is 11.8 Å². The number of nitrogens with one attached hydrogen (secondary N) is 1. The van der Waals surface area contributed by atoms with Crippen LogP contribution in [0.3, 0.4) is 0 Å². The third-order valence-corrected chi connectivity index (χ3v) is 5.64. The summed E-state index contributed by atoms with van der Waals surface area (Å²) in [7, 11) is 1.48. The Morgan fingerprint density at radius 1 is 1.00 bits per heavy atom. The van der Waals surface area contributed by atoms with Crippen LogP contribution in [0.4, 0.5) is 17.1 Å². The van der Waals surface area contributed by atoms with Gasteiger partial charge in [-0.05, 0) is 54.3 Å². The van der Waals surface area contributed by atoms with Gasteiger partial charge < -0.3 is 20.9 Å². The summed E-state index contributed by atoms with van der Waals surface area (Å²) in [5, 5.41) is 24.0. The molecule has 0 bridgehead atoms. The molecule has 0 saturated heterocycles. The van der Waals surface area contributed by atoms with E-state index in [0.29, 0.717) is 27.2 Å². The van der Waals surface area contributed by atoms with Crippen molar-refractivity contribution in [3.63, 3.8) is 0 Å². The Morgan fingerprint density at radius 2 is 1.77 bits per heavy atom. The molecule has 35 heavy (non-hydrogen) atoms. The van der Waals surface area contributed by atoms with Crippen LogP contribution < -0.4 is 15.8 Å². The average Bonchev–Trinajstić information content (AvgIpc) is 2.84. The zero-order valence-electron chi connectivity index (χ0n) is 18.9. The number of methoxy groups -OCH3 is 1. The van der Waals surface area contributed by atoms with E-state index in [1.165, 1.54) is 19.2 Å². The zero-order chi connectivity index (χ0) is 25.1. The number of rotatable bonds is 6. The molecule has 0 aromatic heterocycles. The van der Waals surface area contributed by atoms with Gasteiger partial charge in [0.2, 0.25) is 0 Å². The van der Waals surface area contributed by atoms with Gasteiger partial charge in [-0.15, -0.1) is 10.2 Å². The summed E-state index contributed by atoms with van der Waals surface area (Å²) in [6.07, 6.45) is 0. The maximum atomic E-state index is 13.1. The van der Waals surface area contributed by atoms with E-state index in [9.17, 15) is 14.7 Å². The molecule has 4 aromatic rings. The van der Waals surface area contributed by atoms with E-state index in [2.05, 4.69) is 15.5 Å². The minimum Gasteiger partial charge on any atom is -0.505 e. The number of hydrogen-bond donors (Lipinski definition) is 3. The Bertz CT molecular complexity index is 1500. The van der Waals surface area contributed by atoms with Gasteiger partial charge in [-0.3, -0.25) is 9.59 Å². The average molecular weight is 489 g/mol. The van der Waals surface area contributed by atoms with E-state index in [1.54, 1.807) is 54.6 Å². The number of azo groups is 1. The molecule has 4 rings (SSSR count). The predicted octanol–water partition coefficient (Wildman–Crippen LogP) is 6.28. The van der Waals surface area contributed by atoms with Crippen LogP contribution in [-0.2, 0) is 0 Å². The maximum Gasteiger partial charge on any atom is 0.259 e. The number of benzene rings is 4. The highest BCUT2D eigenvalue weighted by atomic mass is 35.5. The third-order valence-electron chi connectivity index (χ3n) is 5.40. The molecule has 176 valence electrons. The lowest BCUT2D eigenvalue weighted by Gasteiger charge is -2.12. The number of nitrogens with two attached hydrogens (primary N) is 1. The highest BCUT2D eigenvalue weighted by molar-refractivity contribution is 6.30. The molecular weight excluding hydrogens is 468 g/mol. The van der Waals surface area contributed by atoms with Crippen LogP contribution in [0.25, 0.3) is 10.8 Å². The fraction of sp³-hybridized carbons (Fsp3) is 0.0769. The Hall–Kier alpha value is -4.43. The molecule has 8 nitrogen and oxygen atoms in total. The summed E-state index contributed by atoms with van der Waals surface area (Å²) < 4.78 is 5.20. The maximum absolute atomic E-state index is 13.1. The normalized spacial score (nSPS) is 11.1. The molecule has 0 saturated carbocycles. The Balaban J connectivity index is 1.81. The molecule has 0 aliphatic heterocycles. The van der Waals surface area contributed by atoms with Crippen LogP contribution in [0.5, 0.6) is 11.5 Å². The van der Waals surface area contributed by atoms with Crippen molar-refractivity contribution in [2.45, 2.75) is 6.92 Å². The molecule has 9 heteroatoms. The van der Waals surface area contributed by atoms with Crippen molar-refractivity contribution in [3.05, 3.63) is 88.4 Å². The van der Waals surface area contributed by atoms with E-state index in [4.69, 9.17) is 22.1 Å². The number of ether oxygens (including phenoxy) is 1. The van der Waals surface area contributed by atoms with Crippen LogP contribution in [-0.4, -0.2) is 24.0 Å². The SMILES string of the molecule is COc1ccc(C(N)=O)c(N=Nc2c(O)c(C(=O)Nc3ccc(Cl)cc3C)cc3ccccc23)c1. The number of anilines is 1. The summed E-state index contributed by atoms with van der Waals surface area (Å²) >= 11 is 6.00. The van der Waals surface area contributed by atoms with Gasteiger partial charge in [0.05, 0.1) is 18.2 Å². The quantitative estimate of drug-likeness (QED) is 0.276. The lowest BCUT2D eigenvalue weighted by atomic mass is 10.0. The van der Waals surface area contributed by atoms with E-state index in [0.717, 1.165) is 5.56 Å². The second-order valence-electron chi connectivity index (χ2n) is 7.70. The number of phenolic OH excluding ortho intramolecular Hbond substituents is 1. The van der Waals surface area contributed by atoms with Gasteiger partial charge in [0, 0.05) is 22.2 Å². The van der Waals surface area contributed by atoms with Gasteiger partial charge >= 0.3 is 0 Å². The molecule has 0 heterocycles. The lowest BCUT2D eigenvalue weighted by Crippen LogP contribution is -2.13. The number of phenols is 1. The fourth-order valence-corrected chi connectivity index (χ4v) is 3.81. The third kappa shape index (κ3) is 4.92. The van der Waals surface area contributed by atoms with Gasteiger partial charge in [-0.25, -0.2) is 0 Å². The summed E-state index contributed by atoms with van der Waals surface area (Å²) in [5.74, 6) is -1.14. The molecule has 4 N–H and O–H groups in total. The number of halogens is 1. The van der Waals surface area contributed by atoms with E-state index in [-0.39, 0.29) is 28.3 Å². The number of amides is 2. The Morgan fingerprint density at radius 3 is 2.49 bits per heavy atom. The molecule has 2 amide bonds. The number of aromatic hydroxyl groups is 1. The van der Waals surface area contributed by atoms with Crippen LogP contribution in [0, 0.1) is 6.92 Å². The second-order valence-corrected chi connectivity index (χ2v) is 8.14. The number of aryl methyl sites for hydroxylation is 1. The number of carbonyl (C=O) groups is 2. The Labute approximate surface area is 206 Å². The summed E-state index contributed by atoms with van der Waals surface area (Å²) in [4.78, 5) is 25.0. The van der Waals surface area contributed by atoms with Crippen molar-refractivity contribution in [2.75, 3.05) is 12.4 Å². The highest BCUT2D eigenvalue weighted by Crippen LogP contribution is 2.40. The smallest absolute Gasteiger partial charge is 0.259 e. The highest BCUT2D eigenvalue weighted by Gasteiger charge is 2.19. The monoisotopic (exact) mass is 488 g/mol. The molecule has 0 radical (unpaired) electrons. The van der Waals surface area contributed by atoms with Gasteiger partial charge in [0.1, 0.15) is 17.1 Å². The zero-order valence-corrected chi connectivity index (χ0v) is 19.6. The number of nitrogens with zero attached hydrogens (tertiary/aromatic N) is 2. The molecular formula is C26H21ClN4O4. The van der Waals surface area contributed by atoms with Crippen molar-refractivity contribution >= 4 is 51.2 Å². The minimum absolute atomic E-state index is 0.00719. The topological polar surface area (TPSA) is 126 Å².